The smallest absolute Gasteiger partial charge is 0.411 e. The Morgan fingerprint density at radius 2 is 1.38 bits per heavy atom. The van der Waals surface area contributed by atoms with Crippen LogP contribution in [0.1, 0.15) is 27.4 Å². The number of aromatic carboxylic acids is 1. The number of hydrogen-bond acceptors (Lipinski definition) is 4. The van der Waals surface area contributed by atoms with Crippen molar-refractivity contribution in [1.29, 1.82) is 0 Å². The Morgan fingerprint density at radius 3 is 2.03 bits per heavy atom. The van der Waals surface area contributed by atoms with Crippen LogP contribution in [0.15, 0.2) is 97.1 Å². The number of amides is 1. The molecule has 0 aliphatic heterocycles. The summed E-state index contributed by atoms with van der Waals surface area (Å²) in [4.78, 5) is 24.4. The van der Waals surface area contributed by atoms with Crippen LogP contribution in [0, 0.1) is 0 Å². The first kappa shape index (κ1) is 21.3. The summed E-state index contributed by atoms with van der Waals surface area (Å²) in [6, 6.07) is 29.6. The van der Waals surface area contributed by atoms with Gasteiger partial charge in [0.25, 0.3) is 0 Å². The largest absolute Gasteiger partial charge is 0.478 e. The first-order valence-corrected chi connectivity index (χ1v) is 10.8. The molecule has 0 unspecified atom stereocenters. The highest BCUT2D eigenvalue weighted by atomic mass is 16.5. The molecule has 0 saturated heterocycles. The number of nitrogens with one attached hydrogen (secondary N) is 1. The van der Waals surface area contributed by atoms with E-state index in [1.807, 2.05) is 54.6 Å². The molecule has 4 aromatic rings. The van der Waals surface area contributed by atoms with E-state index in [1.165, 1.54) is 12.1 Å². The number of fused-ring (bicyclic) bond motifs is 3. The quantitative estimate of drug-likeness (QED) is 0.348. The van der Waals surface area contributed by atoms with Crippen LogP contribution in [0.3, 0.4) is 0 Å². The lowest BCUT2D eigenvalue weighted by Crippen LogP contribution is -2.19. The van der Waals surface area contributed by atoms with Gasteiger partial charge in [-0.15, -0.1) is 0 Å². The Labute approximate surface area is 196 Å². The van der Waals surface area contributed by atoms with E-state index in [0.717, 1.165) is 22.3 Å². The SMILES string of the molecule is O=C(Nc1ccc(Oc2ccccc2)cc1C(=O)O)OCC1c2ccccc2-c2ccccc21. The third-order valence-corrected chi connectivity index (χ3v) is 5.78. The summed E-state index contributed by atoms with van der Waals surface area (Å²) in [7, 11) is 0. The molecule has 0 radical (unpaired) electrons. The molecule has 0 aromatic heterocycles. The Hall–Kier alpha value is -4.58. The van der Waals surface area contributed by atoms with Gasteiger partial charge in [0.2, 0.25) is 0 Å². The summed E-state index contributed by atoms with van der Waals surface area (Å²) >= 11 is 0. The highest BCUT2D eigenvalue weighted by Gasteiger charge is 2.29. The molecule has 0 atom stereocenters. The zero-order valence-corrected chi connectivity index (χ0v) is 18.1. The average Bonchev–Trinajstić information content (AvgIpc) is 3.18. The van der Waals surface area contributed by atoms with Gasteiger partial charge in [-0.2, -0.15) is 0 Å². The maximum atomic E-state index is 12.6. The Morgan fingerprint density at radius 1 is 0.765 bits per heavy atom. The van der Waals surface area contributed by atoms with Gasteiger partial charge in [-0.05, 0) is 52.6 Å². The average molecular weight is 451 g/mol. The highest BCUT2D eigenvalue weighted by Crippen LogP contribution is 2.44. The molecule has 1 amide bonds. The molecule has 0 spiro atoms. The van der Waals surface area contributed by atoms with Crippen molar-refractivity contribution in [3.05, 3.63) is 114 Å². The zero-order chi connectivity index (χ0) is 23.5. The third-order valence-electron chi connectivity index (χ3n) is 5.78. The fourth-order valence-electron chi connectivity index (χ4n) is 4.24. The van der Waals surface area contributed by atoms with E-state index in [-0.39, 0.29) is 23.8 Å². The Bertz CT molecular complexity index is 1320. The molecule has 0 bridgehead atoms. The van der Waals surface area contributed by atoms with Gasteiger partial charge in [0.05, 0.1) is 11.3 Å². The molecule has 0 fully saturated rings. The van der Waals surface area contributed by atoms with Crippen LogP contribution in [0.2, 0.25) is 0 Å². The summed E-state index contributed by atoms with van der Waals surface area (Å²) < 4.78 is 11.2. The van der Waals surface area contributed by atoms with Gasteiger partial charge in [0, 0.05) is 5.92 Å². The first-order valence-electron chi connectivity index (χ1n) is 10.8. The van der Waals surface area contributed by atoms with Crippen molar-refractivity contribution in [3.8, 4) is 22.6 Å². The zero-order valence-electron chi connectivity index (χ0n) is 18.1. The lowest BCUT2D eigenvalue weighted by atomic mass is 9.98. The molecule has 1 aliphatic carbocycles. The molecule has 34 heavy (non-hydrogen) atoms. The van der Waals surface area contributed by atoms with Gasteiger partial charge in [-0.25, -0.2) is 9.59 Å². The van der Waals surface area contributed by atoms with Gasteiger partial charge in [0.1, 0.15) is 18.1 Å². The molecule has 6 nitrogen and oxygen atoms in total. The number of carbonyl (C=O) groups excluding carboxylic acids is 1. The monoisotopic (exact) mass is 451 g/mol. The van der Waals surface area contributed by atoms with E-state index in [9.17, 15) is 14.7 Å². The fraction of sp³-hybridized carbons (Fsp3) is 0.0714. The van der Waals surface area contributed by atoms with E-state index in [2.05, 4.69) is 17.4 Å². The number of hydrogen-bond donors (Lipinski definition) is 2. The van der Waals surface area contributed by atoms with Crippen molar-refractivity contribution >= 4 is 17.7 Å². The maximum absolute atomic E-state index is 12.6. The second kappa shape index (κ2) is 9.11. The Kier molecular flexibility index (Phi) is 5.70. The molecular formula is C28H21NO5. The predicted octanol–water partition coefficient (Wildman–Crippen LogP) is 6.54. The molecule has 6 heteroatoms. The number of carboxylic acid groups (broad SMARTS) is 1. The second-order valence-electron chi connectivity index (χ2n) is 7.88. The van der Waals surface area contributed by atoms with E-state index < -0.39 is 12.1 Å². The normalized spacial score (nSPS) is 11.9. The van der Waals surface area contributed by atoms with E-state index >= 15 is 0 Å². The van der Waals surface area contributed by atoms with Crippen molar-refractivity contribution in [2.24, 2.45) is 0 Å². The minimum atomic E-state index is -1.19. The summed E-state index contributed by atoms with van der Waals surface area (Å²) in [6.07, 6.45) is -0.721. The van der Waals surface area contributed by atoms with Crippen molar-refractivity contribution in [2.75, 3.05) is 11.9 Å². The molecule has 4 aromatic carbocycles. The molecule has 0 saturated carbocycles. The van der Waals surface area contributed by atoms with E-state index in [0.29, 0.717) is 11.5 Å². The van der Waals surface area contributed by atoms with Crippen LogP contribution in [0.4, 0.5) is 10.5 Å². The van der Waals surface area contributed by atoms with Gasteiger partial charge >= 0.3 is 12.1 Å². The summed E-state index contributed by atoms with van der Waals surface area (Å²) in [5.41, 5.74) is 4.51. The number of carbonyl (C=O) groups is 2. The third kappa shape index (κ3) is 4.21. The van der Waals surface area contributed by atoms with Gasteiger partial charge in [-0.1, -0.05) is 66.7 Å². The number of rotatable bonds is 6. The topological polar surface area (TPSA) is 84.9 Å². The lowest BCUT2D eigenvalue weighted by molar-refractivity contribution is 0.0697. The molecular weight excluding hydrogens is 430 g/mol. The number of ether oxygens (including phenoxy) is 2. The lowest BCUT2D eigenvalue weighted by Gasteiger charge is -2.15. The first-order chi connectivity index (χ1) is 16.6. The van der Waals surface area contributed by atoms with Gasteiger partial charge in [0.15, 0.2) is 0 Å². The molecule has 168 valence electrons. The number of benzene rings is 4. The maximum Gasteiger partial charge on any atom is 0.411 e. The summed E-state index contributed by atoms with van der Waals surface area (Å²) in [5, 5.41) is 12.2. The Balaban J connectivity index is 1.30. The van der Waals surface area contributed by atoms with Crippen molar-refractivity contribution in [1.82, 2.24) is 0 Å². The molecule has 0 heterocycles. The van der Waals surface area contributed by atoms with Crippen molar-refractivity contribution in [3.63, 3.8) is 0 Å². The summed E-state index contributed by atoms with van der Waals surface area (Å²) in [5.74, 6) is -0.344. The molecule has 5 rings (SSSR count). The number of para-hydroxylation sites is 1. The highest BCUT2D eigenvalue weighted by molar-refractivity contribution is 5.99. The van der Waals surface area contributed by atoms with Crippen LogP contribution in [0.25, 0.3) is 11.1 Å². The van der Waals surface area contributed by atoms with Crippen LogP contribution in [-0.4, -0.2) is 23.8 Å². The summed E-state index contributed by atoms with van der Waals surface area (Å²) in [6.45, 7) is 0.136. The molecule has 1 aliphatic rings. The second-order valence-corrected chi connectivity index (χ2v) is 7.88. The number of anilines is 1. The van der Waals surface area contributed by atoms with E-state index in [1.54, 1.807) is 18.2 Å². The minimum absolute atomic E-state index is 0.0845. The van der Waals surface area contributed by atoms with Crippen LogP contribution in [0.5, 0.6) is 11.5 Å². The van der Waals surface area contributed by atoms with Crippen LogP contribution < -0.4 is 10.1 Å². The van der Waals surface area contributed by atoms with Gasteiger partial charge in [-0.3, -0.25) is 5.32 Å². The predicted molar refractivity (Wildman–Crippen MR) is 129 cm³/mol. The van der Waals surface area contributed by atoms with Crippen molar-refractivity contribution < 1.29 is 24.2 Å². The van der Waals surface area contributed by atoms with Crippen molar-refractivity contribution in [2.45, 2.75) is 5.92 Å². The van der Waals surface area contributed by atoms with Crippen LogP contribution in [-0.2, 0) is 4.74 Å². The fourth-order valence-corrected chi connectivity index (χ4v) is 4.24. The van der Waals surface area contributed by atoms with Crippen LogP contribution >= 0.6 is 0 Å². The minimum Gasteiger partial charge on any atom is -0.478 e. The molecule has 2 N–H and O–H groups in total. The van der Waals surface area contributed by atoms with Gasteiger partial charge < -0.3 is 14.6 Å². The number of carboxylic acids is 1. The van der Waals surface area contributed by atoms with E-state index in [4.69, 9.17) is 9.47 Å². The standard InChI is InChI=1S/C28H21NO5/c30-27(31)24-16-19(34-18-8-2-1-3-9-18)14-15-26(24)29-28(32)33-17-25-22-12-6-4-10-20(22)21-11-5-7-13-23(21)25/h1-16,25H,17H2,(H,29,32)(H,30,31).